The molecule has 0 bridgehead atoms. The summed E-state index contributed by atoms with van der Waals surface area (Å²) < 4.78 is 42.1. The van der Waals surface area contributed by atoms with Gasteiger partial charge < -0.3 is 10.4 Å². The lowest BCUT2D eigenvalue weighted by atomic mass is 10.2. The minimum atomic E-state index is -1.92. The van der Waals surface area contributed by atoms with Crippen molar-refractivity contribution < 1.29 is 27.7 Å². The van der Waals surface area contributed by atoms with Crippen LogP contribution in [0.1, 0.15) is 23.7 Å². The molecule has 27 heavy (non-hydrogen) atoms. The van der Waals surface area contributed by atoms with E-state index in [9.17, 15) is 22.6 Å². The molecular weight excluding hydrogens is 378 g/mol. The Morgan fingerprint density at radius 2 is 1.81 bits per heavy atom. The molecule has 0 fully saturated rings. The number of rotatable bonds is 7. The molecule has 0 saturated carbocycles. The predicted octanol–water partition coefficient (Wildman–Crippen LogP) is 3.70. The number of carboxylic acids is 1. The first kappa shape index (κ1) is 20.2. The maximum Gasteiger partial charge on any atom is 0.338 e. The molecule has 2 aromatic rings. The molecule has 3 N–H and O–H groups in total. The number of aromatic carboxylic acids is 1. The van der Waals surface area contributed by atoms with E-state index >= 15 is 0 Å². The Morgan fingerprint density at radius 1 is 1.15 bits per heavy atom. The lowest BCUT2D eigenvalue weighted by molar-refractivity contribution is -0.115. The summed E-state index contributed by atoms with van der Waals surface area (Å²) in [4.78, 5) is 22.7. The summed E-state index contributed by atoms with van der Waals surface area (Å²) in [6.45, 7) is 1.80. The Bertz CT molecular complexity index is 914. The number of hydrogen-bond donors (Lipinski definition) is 3. The maximum atomic E-state index is 13.9. The summed E-state index contributed by atoms with van der Waals surface area (Å²) >= 11 is 0. The first-order valence-electron chi connectivity index (χ1n) is 7.73. The van der Waals surface area contributed by atoms with Crippen molar-refractivity contribution in [3.05, 3.63) is 65.7 Å². The molecule has 0 aliphatic carbocycles. The van der Waals surface area contributed by atoms with Crippen LogP contribution in [0.2, 0.25) is 0 Å². The van der Waals surface area contributed by atoms with Gasteiger partial charge in [0.05, 0.1) is 16.1 Å². The van der Waals surface area contributed by atoms with E-state index in [-0.39, 0.29) is 17.2 Å². The highest BCUT2D eigenvalue weighted by Crippen LogP contribution is 2.22. The van der Waals surface area contributed by atoms with Crippen LogP contribution in [-0.2, 0) is 15.8 Å². The minimum absolute atomic E-state index is 0.212. The van der Waals surface area contributed by atoms with Gasteiger partial charge in [0.1, 0.15) is 22.6 Å². The molecule has 0 radical (unpaired) electrons. The van der Waals surface area contributed by atoms with Gasteiger partial charge in [-0.1, -0.05) is 12.2 Å². The van der Waals surface area contributed by atoms with E-state index in [0.717, 1.165) is 0 Å². The van der Waals surface area contributed by atoms with Gasteiger partial charge in [0.25, 0.3) is 0 Å². The van der Waals surface area contributed by atoms with E-state index in [4.69, 9.17) is 5.11 Å². The molecule has 142 valence electrons. The first-order chi connectivity index (χ1) is 12.8. The number of carbonyl (C=O) groups is 2. The van der Waals surface area contributed by atoms with Gasteiger partial charge in [-0.25, -0.2) is 17.8 Å². The minimum Gasteiger partial charge on any atom is -0.478 e. The van der Waals surface area contributed by atoms with Crippen molar-refractivity contribution in [2.45, 2.75) is 18.2 Å². The average Bonchev–Trinajstić information content (AvgIpc) is 2.63. The lowest BCUT2D eigenvalue weighted by Crippen LogP contribution is -2.11. The zero-order chi connectivity index (χ0) is 20.0. The van der Waals surface area contributed by atoms with E-state index in [1.807, 2.05) is 0 Å². The fourth-order valence-corrected chi connectivity index (χ4v) is 2.90. The largest absolute Gasteiger partial charge is 0.478 e. The molecule has 9 heteroatoms. The third-order valence-electron chi connectivity index (χ3n) is 3.38. The van der Waals surface area contributed by atoms with Gasteiger partial charge in [0, 0.05) is 18.2 Å². The number of amides is 1. The Balaban J connectivity index is 2.09. The van der Waals surface area contributed by atoms with Crippen LogP contribution in [0, 0.1) is 11.6 Å². The second-order valence-corrected chi connectivity index (χ2v) is 6.55. The molecule has 0 saturated heterocycles. The van der Waals surface area contributed by atoms with E-state index < -0.39 is 39.8 Å². The number of hydrogen-bond acceptors (Lipinski definition) is 3. The third-order valence-corrected chi connectivity index (χ3v) is 4.49. The van der Waals surface area contributed by atoms with Crippen molar-refractivity contribution in [2.75, 3.05) is 10.0 Å². The zero-order valence-corrected chi connectivity index (χ0v) is 15.0. The van der Waals surface area contributed by atoms with E-state index in [2.05, 4.69) is 10.0 Å². The normalized spacial score (nSPS) is 12.0. The van der Waals surface area contributed by atoms with Crippen LogP contribution in [0.5, 0.6) is 0 Å². The standard InChI is InChI=1S/C18H16F2N2O4S/c1-2-3-4-17(23)21-11-5-7-12(8-6-11)27(26)22-16-10-14(19)13(18(24)25)9-15(16)20/h2-3,5-10,22H,4H2,1H3,(H,21,23)(H,24,25)/b3-2-. The molecule has 1 amide bonds. The lowest BCUT2D eigenvalue weighted by Gasteiger charge is -2.09. The van der Waals surface area contributed by atoms with Gasteiger partial charge in [-0.3, -0.25) is 9.52 Å². The number of halogens is 2. The Hall–Kier alpha value is -3.07. The molecule has 2 aromatic carbocycles. The van der Waals surface area contributed by atoms with Gasteiger partial charge >= 0.3 is 5.97 Å². The highest BCUT2D eigenvalue weighted by atomic mass is 32.2. The summed E-state index contributed by atoms with van der Waals surface area (Å²) in [5, 5.41) is 11.4. The molecule has 6 nitrogen and oxygen atoms in total. The van der Waals surface area contributed by atoms with Gasteiger partial charge in [-0.05, 0) is 37.3 Å². The van der Waals surface area contributed by atoms with E-state index in [1.165, 1.54) is 24.3 Å². The van der Waals surface area contributed by atoms with Gasteiger partial charge in [-0.2, -0.15) is 0 Å². The van der Waals surface area contributed by atoms with E-state index in [0.29, 0.717) is 17.8 Å². The molecule has 0 spiro atoms. The molecule has 1 unspecified atom stereocenters. The van der Waals surface area contributed by atoms with Crippen LogP contribution >= 0.6 is 0 Å². The fourth-order valence-electron chi connectivity index (χ4n) is 2.05. The summed E-state index contributed by atoms with van der Waals surface area (Å²) in [6.07, 6.45) is 3.68. The number of allylic oxidation sites excluding steroid dienone is 1. The third kappa shape index (κ3) is 5.45. The summed E-state index contributed by atoms with van der Waals surface area (Å²) in [7, 11) is -1.92. The maximum absolute atomic E-state index is 13.9. The van der Waals surface area contributed by atoms with Crippen molar-refractivity contribution in [1.29, 1.82) is 0 Å². The van der Waals surface area contributed by atoms with E-state index in [1.54, 1.807) is 19.1 Å². The van der Waals surface area contributed by atoms with Crippen LogP contribution in [0.15, 0.2) is 53.4 Å². The first-order valence-corrected chi connectivity index (χ1v) is 8.88. The van der Waals surface area contributed by atoms with Crippen molar-refractivity contribution in [1.82, 2.24) is 0 Å². The molecular formula is C18H16F2N2O4S. The number of anilines is 2. The molecule has 0 aliphatic heterocycles. The smallest absolute Gasteiger partial charge is 0.338 e. The van der Waals surface area contributed by atoms with Crippen molar-refractivity contribution in [3.8, 4) is 0 Å². The molecule has 0 heterocycles. The number of nitrogens with one attached hydrogen (secondary N) is 2. The molecule has 2 rings (SSSR count). The summed E-state index contributed by atoms with van der Waals surface area (Å²) in [6, 6.07) is 7.09. The fraction of sp³-hybridized carbons (Fsp3) is 0.111. The second kappa shape index (κ2) is 9.04. The van der Waals surface area contributed by atoms with Gasteiger partial charge in [-0.15, -0.1) is 0 Å². The predicted molar refractivity (Wildman–Crippen MR) is 97.9 cm³/mol. The Kier molecular flexibility index (Phi) is 6.78. The zero-order valence-electron chi connectivity index (χ0n) is 14.2. The van der Waals surface area contributed by atoms with Gasteiger partial charge in [0.15, 0.2) is 0 Å². The highest BCUT2D eigenvalue weighted by molar-refractivity contribution is 7.86. The molecule has 0 aromatic heterocycles. The quantitative estimate of drug-likeness (QED) is 0.624. The Morgan fingerprint density at radius 3 is 2.41 bits per heavy atom. The van der Waals surface area contributed by atoms with Crippen molar-refractivity contribution in [2.24, 2.45) is 0 Å². The highest BCUT2D eigenvalue weighted by Gasteiger charge is 2.16. The van der Waals surface area contributed by atoms with Crippen LogP contribution in [0.3, 0.4) is 0 Å². The van der Waals surface area contributed by atoms with Crippen LogP contribution in [0.25, 0.3) is 0 Å². The Labute approximate surface area is 156 Å². The number of benzene rings is 2. The number of carboxylic acid groups (broad SMARTS) is 1. The molecule has 0 aliphatic rings. The monoisotopic (exact) mass is 394 g/mol. The number of carbonyl (C=O) groups excluding carboxylic acids is 1. The average molecular weight is 394 g/mol. The summed E-state index contributed by atoms with van der Waals surface area (Å²) in [5.41, 5.74) is -0.755. The summed E-state index contributed by atoms with van der Waals surface area (Å²) in [5.74, 6) is -4.01. The topological polar surface area (TPSA) is 95.5 Å². The van der Waals surface area contributed by atoms with Crippen molar-refractivity contribution in [3.63, 3.8) is 0 Å². The van der Waals surface area contributed by atoms with Gasteiger partial charge in [0.2, 0.25) is 5.91 Å². The second-order valence-electron chi connectivity index (χ2n) is 5.33. The molecule has 1 atom stereocenters. The SMILES string of the molecule is C/C=C\CC(=O)Nc1ccc(S(=O)Nc2cc(F)c(C(=O)O)cc2F)cc1. The van der Waals surface area contributed by atoms with Crippen molar-refractivity contribution >= 4 is 34.2 Å². The van der Waals surface area contributed by atoms with Crippen LogP contribution in [0.4, 0.5) is 20.2 Å². The van der Waals surface area contributed by atoms with Crippen LogP contribution < -0.4 is 10.0 Å². The van der Waals surface area contributed by atoms with Crippen LogP contribution in [-0.4, -0.2) is 21.2 Å².